The van der Waals surface area contributed by atoms with Crippen molar-refractivity contribution in [2.75, 3.05) is 13.7 Å². The minimum atomic E-state index is -0.0278. The molecule has 5 heteroatoms. The lowest BCUT2D eigenvalue weighted by atomic mass is 9.86. The predicted molar refractivity (Wildman–Crippen MR) is 97.1 cm³/mol. The van der Waals surface area contributed by atoms with Gasteiger partial charge in [-0.05, 0) is 31.9 Å². The molecule has 3 rings (SSSR count). The monoisotopic (exact) mass is 348 g/mol. The number of fused-ring (bicyclic) bond motifs is 1. The van der Waals surface area contributed by atoms with Gasteiger partial charge in [0.15, 0.2) is 5.43 Å². The van der Waals surface area contributed by atoms with Crippen molar-refractivity contribution in [2.24, 2.45) is 0 Å². The molecule has 0 spiro atoms. The molecule has 0 amide bonds. The Morgan fingerprint density at radius 3 is 3.00 bits per heavy atom. The Balaban J connectivity index is 1.97. The Morgan fingerprint density at radius 1 is 1.46 bits per heavy atom. The second-order valence-corrected chi connectivity index (χ2v) is 6.78. The van der Waals surface area contributed by atoms with Gasteiger partial charge in [-0.15, -0.1) is 0 Å². The van der Waals surface area contributed by atoms with Crippen molar-refractivity contribution in [2.45, 2.75) is 44.6 Å². The molecule has 0 radical (unpaired) electrons. The lowest BCUT2D eigenvalue weighted by molar-refractivity contribution is 0.0717. The number of pyridine rings is 1. The van der Waals surface area contributed by atoms with E-state index in [1.165, 1.54) is 0 Å². The molecule has 1 aromatic carbocycles. The Hall–Kier alpha value is -1.65. The molecule has 4 nitrogen and oxygen atoms in total. The number of ether oxygens (including phenoxy) is 2. The summed E-state index contributed by atoms with van der Waals surface area (Å²) in [6.07, 6.45) is 6.68. The van der Waals surface area contributed by atoms with Crippen LogP contribution in [0.4, 0.5) is 0 Å². The van der Waals surface area contributed by atoms with Crippen LogP contribution in [-0.4, -0.2) is 24.8 Å². The zero-order valence-corrected chi connectivity index (χ0v) is 14.9. The summed E-state index contributed by atoms with van der Waals surface area (Å²) < 4.78 is 10.9. The van der Waals surface area contributed by atoms with E-state index in [2.05, 4.69) is 11.4 Å². The van der Waals surface area contributed by atoms with Gasteiger partial charge in [0.25, 0.3) is 0 Å². The highest BCUT2D eigenvalue weighted by molar-refractivity contribution is 6.36. The highest BCUT2D eigenvalue weighted by Crippen LogP contribution is 2.34. The summed E-state index contributed by atoms with van der Waals surface area (Å²) in [6, 6.07) is 5.23. The summed E-state index contributed by atoms with van der Waals surface area (Å²) in [7, 11) is 1.64. The molecule has 1 aliphatic carbocycles. The maximum absolute atomic E-state index is 12.5. The summed E-state index contributed by atoms with van der Waals surface area (Å²) in [6.45, 7) is 2.33. The van der Waals surface area contributed by atoms with E-state index in [0.717, 1.165) is 31.4 Å². The first-order valence-electron chi connectivity index (χ1n) is 8.43. The average molecular weight is 349 g/mol. The van der Waals surface area contributed by atoms with E-state index in [0.29, 0.717) is 34.2 Å². The topological polar surface area (TPSA) is 51.3 Å². The number of benzene rings is 1. The van der Waals surface area contributed by atoms with Crippen LogP contribution in [0, 0.1) is 6.42 Å². The van der Waals surface area contributed by atoms with E-state index in [1.54, 1.807) is 25.3 Å². The zero-order valence-electron chi connectivity index (χ0n) is 14.1. The molecule has 2 unspecified atom stereocenters. The SMILES string of the molecule is COC(C)COc1ccc2c(=O)cc(C3C[CH+]CCC3)[nH]c2c1Cl. The maximum Gasteiger partial charge on any atom is 0.189 e. The van der Waals surface area contributed by atoms with Crippen molar-refractivity contribution in [3.05, 3.63) is 45.6 Å². The number of hydrogen-bond donors (Lipinski definition) is 1. The van der Waals surface area contributed by atoms with Crippen LogP contribution in [0.3, 0.4) is 0 Å². The number of H-pyrrole nitrogens is 1. The number of methoxy groups -OCH3 is 1. The van der Waals surface area contributed by atoms with Gasteiger partial charge in [-0.1, -0.05) is 11.6 Å². The summed E-state index contributed by atoms with van der Waals surface area (Å²) in [5.74, 6) is 0.932. The van der Waals surface area contributed by atoms with Crippen molar-refractivity contribution in [3.63, 3.8) is 0 Å². The largest absolute Gasteiger partial charge is 0.489 e. The third-order valence-electron chi connectivity index (χ3n) is 4.66. The van der Waals surface area contributed by atoms with Crippen molar-refractivity contribution < 1.29 is 9.47 Å². The van der Waals surface area contributed by atoms with E-state index < -0.39 is 0 Å². The van der Waals surface area contributed by atoms with Crippen LogP contribution in [-0.2, 0) is 4.74 Å². The van der Waals surface area contributed by atoms with Crippen molar-refractivity contribution in [1.82, 2.24) is 4.98 Å². The number of halogens is 1. The number of hydrogen-bond acceptors (Lipinski definition) is 3. The summed E-state index contributed by atoms with van der Waals surface area (Å²) in [4.78, 5) is 15.9. The van der Waals surface area contributed by atoms with Crippen molar-refractivity contribution in [3.8, 4) is 5.75 Å². The minimum absolute atomic E-state index is 0.00281. The molecule has 128 valence electrons. The minimum Gasteiger partial charge on any atom is -0.489 e. The first-order chi connectivity index (χ1) is 11.6. The molecule has 0 saturated heterocycles. The van der Waals surface area contributed by atoms with Gasteiger partial charge in [0.05, 0.1) is 30.9 Å². The third kappa shape index (κ3) is 3.55. The molecule has 2 aromatic rings. The van der Waals surface area contributed by atoms with Crippen LogP contribution in [0.2, 0.25) is 5.02 Å². The van der Waals surface area contributed by atoms with Gasteiger partial charge >= 0.3 is 0 Å². The van der Waals surface area contributed by atoms with E-state index in [1.807, 2.05) is 6.92 Å². The van der Waals surface area contributed by atoms with Gasteiger partial charge in [0, 0.05) is 30.2 Å². The summed E-state index contributed by atoms with van der Waals surface area (Å²) >= 11 is 6.51. The molecule has 1 N–H and O–H groups in total. The van der Waals surface area contributed by atoms with Crippen LogP contribution in [0.25, 0.3) is 10.9 Å². The van der Waals surface area contributed by atoms with Crippen LogP contribution in [0.15, 0.2) is 23.0 Å². The summed E-state index contributed by atoms with van der Waals surface area (Å²) in [5.41, 5.74) is 1.63. The fraction of sp³-hybridized carbons (Fsp3) is 0.474. The first-order valence-corrected chi connectivity index (χ1v) is 8.80. The molecule has 2 atom stereocenters. The lowest BCUT2D eigenvalue weighted by Gasteiger charge is -2.18. The quantitative estimate of drug-likeness (QED) is 0.812. The molecule has 24 heavy (non-hydrogen) atoms. The fourth-order valence-corrected chi connectivity index (χ4v) is 3.38. The second-order valence-electron chi connectivity index (χ2n) is 6.40. The van der Waals surface area contributed by atoms with E-state index in [9.17, 15) is 4.79 Å². The van der Waals surface area contributed by atoms with Crippen LogP contribution in [0.5, 0.6) is 5.75 Å². The van der Waals surface area contributed by atoms with E-state index in [4.69, 9.17) is 21.1 Å². The van der Waals surface area contributed by atoms with Gasteiger partial charge in [0.1, 0.15) is 17.4 Å². The summed E-state index contributed by atoms with van der Waals surface area (Å²) in [5, 5.41) is 1.05. The Kier molecular flexibility index (Phi) is 5.36. The van der Waals surface area contributed by atoms with E-state index >= 15 is 0 Å². The standard InChI is InChI=1S/C19H22ClNO3/c1-12(23-2)11-24-17-9-8-14-16(22)10-15(21-19(14)18(17)20)13-6-4-3-5-7-13/h4,8-10,12-13H,3,5-7,11H2,1-2H3/p+1. The normalized spacial score (nSPS) is 19.0. The molecule has 1 fully saturated rings. The predicted octanol–water partition coefficient (Wildman–Crippen LogP) is 4.46. The average Bonchev–Trinajstić information content (AvgIpc) is 2.62. The number of nitrogens with one attached hydrogen (secondary N) is 1. The molecule has 0 bridgehead atoms. The number of rotatable bonds is 5. The molecule has 1 saturated carbocycles. The van der Waals surface area contributed by atoms with Gasteiger partial charge in [0.2, 0.25) is 0 Å². The van der Waals surface area contributed by atoms with Crippen LogP contribution >= 0.6 is 11.6 Å². The van der Waals surface area contributed by atoms with Crippen LogP contribution < -0.4 is 10.2 Å². The first kappa shape index (κ1) is 17.2. The molecule has 1 aromatic heterocycles. The maximum atomic E-state index is 12.5. The Bertz CT molecular complexity index is 765. The highest BCUT2D eigenvalue weighted by atomic mass is 35.5. The number of aromatic amines is 1. The zero-order chi connectivity index (χ0) is 17.1. The van der Waals surface area contributed by atoms with Crippen LogP contribution in [0.1, 0.15) is 44.2 Å². The van der Waals surface area contributed by atoms with Gasteiger partial charge < -0.3 is 14.5 Å². The third-order valence-corrected chi connectivity index (χ3v) is 5.03. The van der Waals surface area contributed by atoms with Crippen molar-refractivity contribution in [1.29, 1.82) is 0 Å². The molecule has 1 aliphatic rings. The number of aromatic nitrogens is 1. The molecular weight excluding hydrogens is 326 g/mol. The van der Waals surface area contributed by atoms with Crippen molar-refractivity contribution >= 4 is 22.5 Å². The van der Waals surface area contributed by atoms with E-state index in [-0.39, 0.29) is 11.5 Å². The van der Waals surface area contributed by atoms with Gasteiger partial charge in [-0.25, -0.2) is 0 Å². The highest BCUT2D eigenvalue weighted by Gasteiger charge is 2.23. The smallest absolute Gasteiger partial charge is 0.189 e. The van der Waals surface area contributed by atoms with Gasteiger partial charge in [-0.3, -0.25) is 4.79 Å². The Labute approximate surface area is 147 Å². The fourth-order valence-electron chi connectivity index (χ4n) is 3.12. The molecule has 1 heterocycles. The molecule has 0 aliphatic heterocycles. The van der Waals surface area contributed by atoms with Gasteiger partial charge in [-0.2, -0.15) is 0 Å². The molecular formula is C19H23ClNO3+. The lowest BCUT2D eigenvalue weighted by Crippen LogP contribution is -2.16. The second kappa shape index (κ2) is 7.49. The Morgan fingerprint density at radius 2 is 2.29 bits per heavy atom.